The van der Waals surface area contributed by atoms with Crippen LogP contribution in [0.3, 0.4) is 0 Å². The van der Waals surface area contributed by atoms with Crippen LogP contribution < -0.4 is 21.4 Å². The van der Waals surface area contributed by atoms with Crippen molar-refractivity contribution >= 4 is 69.1 Å². The number of carbonyl (C=O) groups is 3. The Hall–Kier alpha value is -3.86. The van der Waals surface area contributed by atoms with Crippen LogP contribution in [0.5, 0.6) is 0 Å². The first-order chi connectivity index (χ1) is 19.8. The van der Waals surface area contributed by atoms with Crippen LogP contribution in [0.1, 0.15) is 5.69 Å². The Morgan fingerprint density at radius 1 is 1.41 bits per heavy atom. The van der Waals surface area contributed by atoms with E-state index in [-0.39, 0.29) is 35.4 Å². The molecule has 2 atom stereocenters. The van der Waals surface area contributed by atoms with Crippen LogP contribution in [0.2, 0.25) is 0 Å². The molecule has 2 aliphatic rings. The van der Waals surface area contributed by atoms with Gasteiger partial charge in [-0.15, -0.1) is 23.1 Å². The maximum absolute atomic E-state index is 13.2. The van der Waals surface area contributed by atoms with Crippen LogP contribution in [-0.4, -0.2) is 79.0 Å². The van der Waals surface area contributed by atoms with E-state index in [2.05, 4.69) is 22.0 Å². The number of pyridine rings is 1. The van der Waals surface area contributed by atoms with Gasteiger partial charge in [0.2, 0.25) is 0 Å². The van der Waals surface area contributed by atoms with Crippen LogP contribution in [0.4, 0.5) is 5.13 Å². The Bertz CT molecular complexity index is 1580. The zero-order valence-corrected chi connectivity index (χ0v) is 24.1. The van der Waals surface area contributed by atoms with E-state index in [1.165, 1.54) is 22.7 Å². The summed E-state index contributed by atoms with van der Waals surface area (Å²) < 4.78 is 3.97. The maximum Gasteiger partial charge on any atom is 0.352 e. The first-order valence-electron chi connectivity index (χ1n) is 12.4. The number of hydrogen-bond donors (Lipinski definition) is 4. The molecule has 3 aromatic heterocycles. The summed E-state index contributed by atoms with van der Waals surface area (Å²) in [6, 6.07) is 4.93. The number of rotatable bonds is 12. The number of aromatic nitrogens is 3. The van der Waals surface area contributed by atoms with Crippen molar-refractivity contribution in [1.82, 2.24) is 19.6 Å². The number of carbonyl (C=O) groups excluding carboxylic acids is 2. The van der Waals surface area contributed by atoms with E-state index >= 15 is 0 Å². The first kappa shape index (κ1) is 28.7. The topological polar surface area (TPSA) is 182 Å². The van der Waals surface area contributed by atoms with E-state index in [9.17, 15) is 19.5 Å². The van der Waals surface area contributed by atoms with Gasteiger partial charge in [0.15, 0.2) is 15.9 Å². The molecule has 1 fully saturated rings. The molecule has 6 N–H and O–H groups in total. The normalized spacial score (nSPS) is 18.7. The largest absolute Gasteiger partial charge is 0.477 e. The Labute approximate surface area is 246 Å². The van der Waals surface area contributed by atoms with Crippen molar-refractivity contribution in [3.05, 3.63) is 65.6 Å². The van der Waals surface area contributed by atoms with E-state index < -0.39 is 29.2 Å². The number of aliphatic carboxylic acids is 1. The summed E-state index contributed by atoms with van der Waals surface area (Å²) in [5, 5.41) is 18.9. The van der Waals surface area contributed by atoms with Gasteiger partial charge >= 0.3 is 5.97 Å². The average molecular weight is 616 g/mol. The highest BCUT2D eigenvalue weighted by molar-refractivity contribution is 8.00. The van der Waals surface area contributed by atoms with Crippen molar-refractivity contribution < 1.29 is 28.9 Å². The van der Waals surface area contributed by atoms with E-state index in [1.807, 2.05) is 39.6 Å². The molecule has 0 spiro atoms. The minimum absolute atomic E-state index is 0.0591. The predicted octanol–water partition coefficient (Wildman–Crippen LogP) is 0.662. The van der Waals surface area contributed by atoms with Crippen LogP contribution in [0.15, 0.2) is 70.1 Å². The highest BCUT2D eigenvalue weighted by Gasteiger charge is 2.54. The third kappa shape index (κ3) is 5.68. The number of anilines is 1. The Morgan fingerprint density at radius 3 is 2.95 bits per heavy atom. The number of nitrogens with zero attached hydrogens (tertiary/aromatic N) is 5. The number of fused-ring (bicyclic) bond motifs is 2. The van der Waals surface area contributed by atoms with E-state index in [0.29, 0.717) is 17.9 Å². The quantitative estimate of drug-likeness (QED) is 0.0430. The number of carboxylic acids is 1. The summed E-state index contributed by atoms with van der Waals surface area (Å²) in [4.78, 5) is 49.2. The van der Waals surface area contributed by atoms with Gasteiger partial charge < -0.3 is 26.7 Å². The molecular formula is C25H27N8O5S3+. The molecule has 0 aliphatic carbocycles. The van der Waals surface area contributed by atoms with Gasteiger partial charge in [-0.3, -0.25) is 14.5 Å². The molecule has 214 valence electrons. The molecule has 13 nitrogen and oxygen atoms in total. The van der Waals surface area contributed by atoms with Crippen LogP contribution in [0.25, 0.3) is 5.65 Å². The van der Waals surface area contributed by atoms with E-state index in [1.54, 1.807) is 17.1 Å². The van der Waals surface area contributed by atoms with Gasteiger partial charge in [0.25, 0.3) is 17.5 Å². The maximum atomic E-state index is 13.2. The molecular weight excluding hydrogens is 589 g/mol. The van der Waals surface area contributed by atoms with Crippen LogP contribution >= 0.6 is 34.9 Å². The van der Waals surface area contributed by atoms with Crippen molar-refractivity contribution in [3.63, 3.8) is 0 Å². The zero-order valence-electron chi connectivity index (χ0n) is 21.6. The number of nitrogen functional groups attached to an aromatic ring is 1. The van der Waals surface area contributed by atoms with E-state index in [0.717, 1.165) is 27.8 Å². The molecule has 0 bridgehead atoms. The van der Waals surface area contributed by atoms with Gasteiger partial charge in [0, 0.05) is 35.1 Å². The van der Waals surface area contributed by atoms with Gasteiger partial charge in [-0.1, -0.05) is 29.6 Å². The van der Waals surface area contributed by atoms with Gasteiger partial charge in [-0.05, 0) is 12.1 Å². The predicted molar refractivity (Wildman–Crippen MR) is 156 cm³/mol. The lowest BCUT2D eigenvalue weighted by atomic mass is 10.0. The molecule has 3 aromatic rings. The van der Waals surface area contributed by atoms with Crippen molar-refractivity contribution in [2.45, 2.75) is 23.0 Å². The number of thioether (sulfide) groups is 2. The van der Waals surface area contributed by atoms with Gasteiger partial charge in [-0.2, -0.15) is 4.40 Å². The van der Waals surface area contributed by atoms with Crippen LogP contribution in [0, 0.1) is 0 Å². The third-order valence-electron chi connectivity index (χ3n) is 6.25. The van der Waals surface area contributed by atoms with Crippen LogP contribution in [-0.2, 0) is 25.8 Å². The molecule has 0 unspecified atom stereocenters. The van der Waals surface area contributed by atoms with Crippen molar-refractivity contribution in [2.75, 3.05) is 30.4 Å². The number of carboxylic acid groups (broad SMARTS) is 1. The van der Waals surface area contributed by atoms with E-state index in [4.69, 9.17) is 16.3 Å². The summed E-state index contributed by atoms with van der Waals surface area (Å²) >= 11 is 4.14. The Kier molecular flexibility index (Phi) is 8.63. The molecule has 0 aromatic carbocycles. The lowest BCUT2D eigenvalue weighted by molar-refractivity contribution is -0.662. The number of imidazole rings is 1. The molecule has 2 aliphatic heterocycles. The molecule has 16 heteroatoms. The highest BCUT2D eigenvalue weighted by Crippen LogP contribution is 2.40. The van der Waals surface area contributed by atoms with Gasteiger partial charge in [0.05, 0.1) is 0 Å². The monoisotopic (exact) mass is 615 g/mol. The minimum atomic E-state index is -1.20. The van der Waals surface area contributed by atoms with Crippen molar-refractivity contribution in [2.24, 2.45) is 10.9 Å². The molecule has 2 amide bonds. The summed E-state index contributed by atoms with van der Waals surface area (Å²) in [7, 11) is 0. The molecule has 41 heavy (non-hydrogen) atoms. The number of β-lactam (4-membered cyclic amide) rings is 1. The fourth-order valence-corrected chi connectivity index (χ4v) is 7.17. The molecule has 0 radical (unpaired) electrons. The lowest BCUT2D eigenvalue weighted by Gasteiger charge is -2.49. The van der Waals surface area contributed by atoms with Gasteiger partial charge in [-0.25, -0.2) is 14.3 Å². The fraction of sp³-hybridized carbons (Fsp3) is 0.280. The summed E-state index contributed by atoms with van der Waals surface area (Å²) in [5.41, 5.74) is 12.8. The number of oxime groups is 1. The smallest absolute Gasteiger partial charge is 0.352 e. The number of hydrogen-bond acceptors (Lipinski definition) is 11. The average Bonchev–Trinajstić information content (AvgIpc) is 3.58. The number of thiazole rings is 1. The number of nitrogens with two attached hydrogens (primary N) is 2. The molecule has 5 rings (SSSR count). The second-order valence-electron chi connectivity index (χ2n) is 8.87. The van der Waals surface area contributed by atoms with Crippen molar-refractivity contribution in [3.8, 4) is 0 Å². The lowest BCUT2D eigenvalue weighted by Crippen LogP contribution is -2.71. The SMILES string of the molecule is C=CCO/N=C(\C(=O)N[C@@H]1C(=O)N2C(C(=O)O)=C(C[n+]3ccn4c(SCCN)cccc43)CS[C@@H]12)c1csc(N)n1. The molecule has 1 saturated heterocycles. The third-order valence-corrected chi connectivity index (χ3v) is 9.33. The summed E-state index contributed by atoms with van der Waals surface area (Å²) in [6.07, 6.45) is 5.27. The highest BCUT2D eigenvalue weighted by atomic mass is 32.2. The molecule has 0 saturated carbocycles. The minimum Gasteiger partial charge on any atom is -0.477 e. The second kappa shape index (κ2) is 12.3. The number of nitrogens with one attached hydrogen (secondary N) is 1. The summed E-state index contributed by atoms with van der Waals surface area (Å²) in [6.45, 7) is 4.44. The summed E-state index contributed by atoms with van der Waals surface area (Å²) in [5.74, 6) is -1.29. The van der Waals surface area contributed by atoms with Crippen molar-refractivity contribution in [1.29, 1.82) is 0 Å². The fourth-order valence-electron chi connectivity index (χ4n) is 4.49. The second-order valence-corrected chi connectivity index (χ2v) is 12.0. The number of amides is 2. The Balaban J connectivity index is 1.36. The Morgan fingerprint density at radius 2 is 2.24 bits per heavy atom. The standard InChI is InChI=1S/C25H26N8O5S3/c1-2-9-38-30-18(15-13-41-25(27)28-15)21(34)29-19-22(35)33-20(24(36)37)14(12-40-23(19)33)11-31-7-8-32-16(31)4-3-5-17(32)39-10-6-26/h2-5,7-8,13,19,23H,1,6,9-12,26H2,(H3-,27,28,29,34,36,37)/p+1/b30-18-/t19-,23+/m1/s1. The first-order valence-corrected chi connectivity index (χ1v) is 15.3. The van der Waals surface area contributed by atoms with Gasteiger partial charge in [0.1, 0.15) is 48.4 Å². The molecule has 5 heterocycles. The zero-order chi connectivity index (χ0) is 29.1.